The number of nitrogens with zero attached hydrogens (tertiary/aromatic N) is 1. The second-order valence-corrected chi connectivity index (χ2v) is 3.53. The molecule has 6 heteroatoms. The van der Waals surface area contributed by atoms with E-state index in [0.717, 1.165) is 0 Å². The molecular formula is C11H16ClN3O2. The van der Waals surface area contributed by atoms with E-state index in [0.29, 0.717) is 11.3 Å². The standard InChI is InChI=1S/C11H15N3O2.ClH/c1-14(2)11(16)8-3-5-9(6-4-8)13-10(15)7-12;/h3-6H,7,12H2,1-2H3,(H,13,15);1H. The fourth-order valence-electron chi connectivity index (χ4n) is 1.17. The third kappa shape index (κ3) is 4.42. The minimum atomic E-state index is -0.258. The first-order valence-electron chi connectivity index (χ1n) is 4.86. The van der Waals surface area contributed by atoms with E-state index in [9.17, 15) is 9.59 Å². The van der Waals surface area contributed by atoms with Crippen LogP contribution in [0.4, 0.5) is 5.69 Å². The van der Waals surface area contributed by atoms with Gasteiger partial charge in [0.1, 0.15) is 0 Å². The van der Waals surface area contributed by atoms with Gasteiger partial charge in [0, 0.05) is 25.3 Å². The Kier molecular flexibility index (Phi) is 6.23. The number of nitrogens with two attached hydrogens (primary N) is 1. The first-order valence-corrected chi connectivity index (χ1v) is 4.86. The van der Waals surface area contributed by atoms with Crippen molar-refractivity contribution in [2.45, 2.75) is 0 Å². The first-order chi connectivity index (χ1) is 7.54. The van der Waals surface area contributed by atoms with E-state index in [1.165, 1.54) is 4.90 Å². The number of benzene rings is 1. The van der Waals surface area contributed by atoms with Crippen molar-refractivity contribution in [3.63, 3.8) is 0 Å². The molecule has 1 rings (SSSR count). The summed E-state index contributed by atoms with van der Waals surface area (Å²) in [6, 6.07) is 6.66. The van der Waals surface area contributed by atoms with E-state index in [2.05, 4.69) is 5.32 Å². The van der Waals surface area contributed by atoms with E-state index in [4.69, 9.17) is 5.73 Å². The molecule has 0 heterocycles. The minimum Gasteiger partial charge on any atom is -0.345 e. The molecule has 3 N–H and O–H groups in total. The lowest BCUT2D eigenvalue weighted by Gasteiger charge is -2.10. The zero-order valence-corrected chi connectivity index (χ0v) is 10.6. The summed E-state index contributed by atoms with van der Waals surface area (Å²) < 4.78 is 0. The molecule has 2 amide bonds. The van der Waals surface area contributed by atoms with Crippen molar-refractivity contribution in [2.75, 3.05) is 26.0 Å². The van der Waals surface area contributed by atoms with Gasteiger partial charge in [-0.25, -0.2) is 0 Å². The predicted molar refractivity (Wildman–Crippen MR) is 69.4 cm³/mol. The molecule has 0 aliphatic heterocycles. The largest absolute Gasteiger partial charge is 0.345 e. The number of hydrogen-bond acceptors (Lipinski definition) is 3. The molecule has 0 saturated heterocycles. The number of rotatable bonds is 3. The maximum absolute atomic E-state index is 11.6. The predicted octanol–water partition coefficient (Wildman–Crippen LogP) is 0.707. The number of carbonyl (C=O) groups is 2. The van der Waals surface area contributed by atoms with Crippen LogP contribution in [0.3, 0.4) is 0 Å². The molecule has 0 unspecified atom stereocenters. The van der Waals surface area contributed by atoms with Gasteiger partial charge in [-0.2, -0.15) is 0 Å². The zero-order chi connectivity index (χ0) is 12.1. The number of anilines is 1. The summed E-state index contributed by atoms with van der Waals surface area (Å²) in [4.78, 5) is 24.0. The van der Waals surface area contributed by atoms with Gasteiger partial charge >= 0.3 is 0 Å². The maximum Gasteiger partial charge on any atom is 0.253 e. The monoisotopic (exact) mass is 257 g/mol. The highest BCUT2D eigenvalue weighted by Gasteiger charge is 2.07. The van der Waals surface area contributed by atoms with Crippen molar-refractivity contribution in [1.82, 2.24) is 4.90 Å². The van der Waals surface area contributed by atoms with Crippen LogP contribution in [0, 0.1) is 0 Å². The summed E-state index contributed by atoms with van der Waals surface area (Å²) >= 11 is 0. The average molecular weight is 258 g/mol. The Morgan fingerprint density at radius 1 is 1.24 bits per heavy atom. The number of nitrogens with one attached hydrogen (secondary N) is 1. The first kappa shape index (κ1) is 15.4. The zero-order valence-electron chi connectivity index (χ0n) is 9.77. The molecule has 5 nitrogen and oxygen atoms in total. The number of carbonyl (C=O) groups excluding carboxylic acids is 2. The van der Waals surface area contributed by atoms with Crippen LogP contribution >= 0.6 is 12.4 Å². The van der Waals surface area contributed by atoms with Gasteiger partial charge in [-0.3, -0.25) is 9.59 Å². The fraction of sp³-hybridized carbons (Fsp3) is 0.273. The summed E-state index contributed by atoms with van der Waals surface area (Å²) in [6.07, 6.45) is 0. The molecule has 0 bridgehead atoms. The van der Waals surface area contributed by atoms with E-state index in [-0.39, 0.29) is 30.8 Å². The highest BCUT2D eigenvalue weighted by atomic mass is 35.5. The van der Waals surface area contributed by atoms with Crippen LogP contribution in [0.2, 0.25) is 0 Å². The van der Waals surface area contributed by atoms with E-state index in [1.807, 2.05) is 0 Å². The van der Waals surface area contributed by atoms with E-state index in [1.54, 1.807) is 38.4 Å². The average Bonchev–Trinajstić information content (AvgIpc) is 2.28. The van der Waals surface area contributed by atoms with Crippen LogP contribution in [-0.4, -0.2) is 37.4 Å². The quantitative estimate of drug-likeness (QED) is 0.837. The molecule has 1 aromatic carbocycles. The Bertz CT molecular complexity index is 390. The van der Waals surface area contributed by atoms with Crippen LogP contribution in [0.25, 0.3) is 0 Å². The molecule has 0 aliphatic carbocycles. The van der Waals surface area contributed by atoms with Gasteiger partial charge in [0.25, 0.3) is 5.91 Å². The molecular weight excluding hydrogens is 242 g/mol. The second-order valence-electron chi connectivity index (χ2n) is 3.53. The maximum atomic E-state index is 11.6. The number of hydrogen-bond donors (Lipinski definition) is 2. The molecule has 17 heavy (non-hydrogen) atoms. The topological polar surface area (TPSA) is 75.4 Å². The van der Waals surface area contributed by atoms with Gasteiger partial charge in [-0.05, 0) is 24.3 Å². The van der Waals surface area contributed by atoms with Gasteiger partial charge in [0.2, 0.25) is 5.91 Å². The van der Waals surface area contributed by atoms with Crippen molar-refractivity contribution in [3.05, 3.63) is 29.8 Å². The van der Waals surface area contributed by atoms with Gasteiger partial charge < -0.3 is 16.0 Å². The fourth-order valence-corrected chi connectivity index (χ4v) is 1.17. The Morgan fingerprint density at radius 3 is 2.18 bits per heavy atom. The molecule has 0 radical (unpaired) electrons. The SMILES string of the molecule is CN(C)C(=O)c1ccc(NC(=O)CN)cc1.Cl. The second kappa shape index (κ2) is 6.88. The van der Waals surface area contributed by atoms with E-state index >= 15 is 0 Å². The summed E-state index contributed by atoms with van der Waals surface area (Å²) in [5.74, 6) is -0.330. The third-order valence-electron chi connectivity index (χ3n) is 2.01. The van der Waals surface area contributed by atoms with Crippen LogP contribution in [0.1, 0.15) is 10.4 Å². The number of halogens is 1. The minimum absolute atomic E-state index is 0. The van der Waals surface area contributed by atoms with Crippen molar-refractivity contribution < 1.29 is 9.59 Å². The Hall–Kier alpha value is -1.59. The lowest BCUT2D eigenvalue weighted by Crippen LogP contribution is -2.23. The van der Waals surface area contributed by atoms with E-state index < -0.39 is 0 Å². The smallest absolute Gasteiger partial charge is 0.253 e. The molecule has 0 aliphatic rings. The lowest BCUT2D eigenvalue weighted by atomic mass is 10.2. The molecule has 0 fully saturated rings. The van der Waals surface area contributed by atoms with Gasteiger partial charge in [-0.15, -0.1) is 12.4 Å². The summed E-state index contributed by atoms with van der Waals surface area (Å²) in [6.45, 7) is -0.0572. The summed E-state index contributed by atoms with van der Waals surface area (Å²) in [5, 5.41) is 2.60. The molecule has 0 atom stereocenters. The molecule has 94 valence electrons. The molecule has 0 spiro atoms. The van der Waals surface area contributed by atoms with Gasteiger partial charge in [0.15, 0.2) is 0 Å². The van der Waals surface area contributed by atoms with Crippen molar-refractivity contribution in [1.29, 1.82) is 0 Å². The Balaban J connectivity index is 0.00000256. The Morgan fingerprint density at radius 2 is 1.76 bits per heavy atom. The summed E-state index contributed by atoms with van der Waals surface area (Å²) in [5.41, 5.74) is 6.37. The highest BCUT2D eigenvalue weighted by molar-refractivity contribution is 5.95. The molecule has 0 saturated carbocycles. The molecule has 0 aromatic heterocycles. The van der Waals surface area contributed by atoms with Crippen LogP contribution in [-0.2, 0) is 4.79 Å². The van der Waals surface area contributed by atoms with Crippen LogP contribution in [0.5, 0.6) is 0 Å². The number of amides is 2. The van der Waals surface area contributed by atoms with Gasteiger partial charge in [-0.1, -0.05) is 0 Å². The van der Waals surface area contributed by atoms with Gasteiger partial charge in [0.05, 0.1) is 6.54 Å². The van der Waals surface area contributed by atoms with Crippen LogP contribution < -0.4 is 11.1 Å². The highest BCUT2D eigenvalue weighted by Crippen LogP contribution is 2.10. The Labute approximate surface area is 106 Å². The summed E-state index contributed by atoms with van der Waals surface area (Å²) in [7, 11) is 3.37. The van der Waals surface area contributed by atoms with Crippen molar-refractivity contribution >= 4 is 29.9 Å². The van der Waals surface area contributed by atoms with Crippen LogP contribution in [0.15, 0.2) is 24.3 Å². The van der Waals surface area contributed by atoms with Crippen molar-refractivity contribution in [2.24, 2.45) is 5.73 Å². The molecule has 1 aromatic rings. The van der Waals surface area contributed by atoms with Crippen molar-refractivity contribution in [3.8, 4) is 0 Å². The third-order valence-corrected chi connectivity index (χ3v) is 2.01. The lowest BCUT2D eigenvalue weighted by molar-refractivity contribution is -0.114. The normalized spacial score (nSPS) is 9.12.